The minimum atomic E-state index is -3.11. The first-order chi connectivity index (χ1) is 7.92. The molecule has 2 aliphatic rings. The molecule has 3 rings (SSSR count). The van der Waals surface area contributed by atoms with Gasteiger partial charge in [0, 0.05) is 0 Å². The fourth-order valence-corrected chi connectivity index (χ4v) is 2.50. The largest absolute Gasteiger partial charge is 1.00 e. The smallest absolute Gasteiger partial charge is 0.669 e. The first-order valence-corrected chi connectivity index (χ1v) is 5.24. The molecule has 1 heterocycles. The summed E-state index contributed by atoms with van der Waals surface area (Å²) < 4.78 is 18.2. The third-order valence-electron chi connectivity index (χ3n) is 3.43. The van der Waals surface area contributed by atoms with Crippen LogP contribution in [0.3, 0.4) is 0 Å². The van der Waals surface area contributed by atoms with Crippen LogP contribution in [0.1, 0.15) is 28.3 Å². The summed E-state index contributed by atoms with van der Waals surface area (Å²) >= 11 is 0. The van der Waals surface area contributed by atoms with Crippen molar-refractivity contribution >= 4 is 12.7 Å². The van der Waals surface area contributed by atoms with E-state index in [1.807, 2.05) is 0 Å². The molecule has 2 atom stereocenters. The molecule has 1 aromatic carbocycles. The zero-order chi connectivity index (χ0) is 12.4. The zero-order valence-electron chi connectivity index (χ0n) is 9.59. The Morgan fingerprint density at radius 2 is 2.17 bits per heavy atom. The van der Waals surface area contributed by atoms with Gasteiger partial charge in [0.15, 0.2) is 0 Å². The van der Waals surface area contributed by atoms with Crippen molar-refractivity contribution in [3.05, 3.63) is 29.1 Å². The SMILES string of the molecule is O=C([O-])c1c(F)ccc2c1O[B-](O)(O)[C@H]1C[C@@H]21.[Na+]. The molecule has 1 aromatic rings. The number of carbonyl (C=O) groups is 1. The van der Waals surface area contributed by atoms with Crippen LogP contribution in [0.4, 0.5) is 4.39 Å². The summed E-state index contributed by atoms with van der Waals surface area (Å²) in [7, 11) is 0. The summed E-state index contributed by atoms with van der Waals surface area (Å²) in [6.07, 6.45) is 0.498. The Labute approximate surface area is 124 Å². The van der Waals surface area contributed by atoms with Gasteiger partial charge in [-0.25, -0.2) is 4.39 Å². The van der Waals surface area contributed by atoms with Gasteiger partial charge in [-0.3, -0.25) is 0 Å². The molecule has 8 heteroatoms. The minimum absolute atomic E-state index is 0. The van der Waals surface area contributed by atoms with Gasteiger partial charge in [-0.05, 0) is 17.5 Å². The number of carbonyl (C=O) groups excluding carboxylic acids is 1. The van der Waals surface area contributed by atoms with Crippen molar-refractivity contribution in [1.82, 2.24) is 0 Å². The van der Waals surface area contributed by atoms with Crippen LogP contribution in [0.5, 0.6) is 5.75 Å². The van der Waals surface area contributed by atoms with Gasteiger partial charge >= 0.3 is 36.3 Å². The first-order valence-electron chi connectivity index (χ1n) is 5.24. The molecule has 0 saturated heterocycles. The van der Waals surface area contributed by atoms with E-state index >= 15 is 0 Å². The quantitative estimate of drug-likeness (QED) is 0.509. The zero-order valence-corrected chi connectivity index (χ0v) is 11.6. The molecule has 0 bridgehead atoms. The molecule has 0 spiro atoms. The molecule has 0 amide bonds. The maximum absolute atomic E-state index is 13.4. The second kappa shape index (κ2) is 4.21. The normalized spacial score (nSPS) is 26.2. The fraction of sp³-hybridized carbons (Fsp3) is 0.300. The number of hydrogen-bond donors (Lipinski definition) is 2. The average molecular weight is 261 g/mol. The van der Waals surface area contributed by atoms with Crippen LogP contribution < -0.4 is 39.3 Å². The van der Waals surface area contributed by atoms with E-state index in [1.54, 1.807) is 0 Å². The maximum Gasteiger partial charge on any atom is 1.00 e. The van der Waals surface area contributed by atoms with Crippen molar-refractivity contribution in [2.24, 2.45) is 0 Å². The van der Waals surface area contributed by atoms with Crippen molar-refractivity contribution < 1.29 is 58.6 Å². The molecule has 5 nitrogen and oxygen atoms in total. The monoisotopic (exact) mass is 261 g/mol. The van der Waals surface area contributed by atoms with Crippen molar-refractivity contribution in [3.8, 4) is 5.75 Å². The predicted octanol–water partition coefficient (Wildman–Crippen LogP) is -3.63. The molecule has 0 radical (unpaired) electrons. The number of benzene rings is 1. The minimum Gasteiger partial charge on any atom is -0.669 e. The van der Waals surface area contributed by atoms with Gasteiger partial charge in [0.25, 0.3) is 0 Å². The summed E-state index contributed by atoms with van der Waals surface area (Å²) in [6, 6.07) is 2.44. The van der Waals surface area contributed by atoms with Gasteiger partial charge in [-0.15, -0.1) is 0 Å². The van der Waals surface area contributed by atoms with E-state index < -0.39 is 29.9 Å². The second-order valence-corrected chi connectivity index (χ2v) is 4.51. The van der Waals surface area contributed by atoms with E-state index in [9.17, 15) is 24.3 Å². The molecule has 1 aliphatic heterocycles. The van der Waals surface area contributed by atoms with Gasteiger partial charge in [0.2, 0.25) is 0 Å². The van der Waals surface area contributed by atoms with Gasteiger partial charge in [-0.1, -0.05) is 18.3 Å². The van der Waals surface area contributed by atoms with Crippen LogP contribution in [-0.4, -0.2) is 22.8 Å². The van der Waals surface area contributed by atoms with Crippen LogP contribution in [0, 0.1) is 5.82 Å². The fourth-order valence-electron chi connectivity index (χ4n) is 2.50. The molecule has 0 unspecified atom stereocenters. The summed E-state index contributed by atoms with van der Waals surface area (Å²) in [6.45, 7) is -3.11. The Morgan fingerprint density at radius 1 is 1.50 bits per heavy atom. The number of halogens is 1. The third-order valence-corrected chi connectivity index (χ3v) is 3.43. The van der Waals surface area contributed by atoms with E-state index in [1.165, 1.54) is 6.07 Å². The van der Waals surface area contributed by atoms with Crippen molar-refractivity contribution in [1.29, 1.82) is 0 Å². The van der Waals surface area contributed by atoms with E-state index in [0.717, 1.165) is 6.07 Å². The summed E-state index contributed by atoms with van der Waals surface area (Å²) in [5, 5.41) is 30.0. The number of carboxylic acids is 1. The molecule has 1 saturated carbocycles. The standard InChI is InChI=1S/C10H9BFO5.Na/c12-7-2-1-4-5-3-6(5)11(15,16)17-9(4)8(7)10(13)14;/h1-2,5-6,15-16H,3H2,(H,13,14);/q-1;+1/p-1/t5-,6-;/m0./s1. The Kier molecular flexibility index (Phi) is 3.24. The van der Waals surface area contributed by atoms with Crippen LogP contribution in [-0.2, 0) is 0 Å². The molecule has 90 valence electrons. The van der Waals surface area contributed by atoms with E-state index in [4.69, 9.17) is 4.65 Å². The summed E-state index contributed by atoms with van der Waals surface area (Å²) in [5.41, 5.74) is -0.251. The molecule has 2 N–H and O–H groups in total. The Balaban J connectivity index is 0.00000120. The Bertz CT molecular complexity index is 535. The summed E-state index contributed by atoms with van der Waals surface area (Å²) in [4.78, 5) is 10.8. The Morgan fingerprint density at radius 3 is 2.78 bits per heavy atom. The van der Waals surface area contributed by atoms with Gasteiger partial charge < -0.3 is 24.6 Å². The summed E-state index contributed by atoms with van der Waals surface area (Å²) in [5.74, 6) is -3.65. The van der Waals surface area contributed by atoms with Crippen LogP contribution in [0.25, 0.3) is 0 Å². The number of hydrogen-bond acceptors (Lipinski definition) is 5. The van der Waals surface area contributed by atoms with Crippen molar-refractivity contribution in [3.63, 3.8) is 0 Å². The van der Waals surface area contributed by atoms with Crippen LogP contribution in [0.15, 0.2) is 12.1 Å². The molecule has 1 fully saturated rings. The Hall–Kier alpha value is -0.595. The topological polar surface area (TPSA) is 89.8 Å². The molecular formula is C10H8BFNaO5-. The van der Waals surface area contributed by atoms with Gasteiger partial charge in [0.05, 0.1) is 17.3 Å². The van der Waals surface area contributed by atoms with Crippen molar-refractivity contribution in [2.75, 3.05) is 0 Å². The predicted molar refractivity (Wildman–Crippen MR) is 52.7 cm³/mol. The number of carboxylic acid groups (broad SMARTS) is 1. The van der Waals surface area contributed by atoms with Gasteiger partial charge in [-0.2, -0.15) is 0 Å². The molecule has 0 aromatic heterocycles. The van der Waals surface area contributed by atoms with Crippen molar-refractivity contribution in [2.45, 2.75) is 18.2 Å². The number of fused-ring (bicyclic) bond motifs is 3. The van der Waals surface area contributed by atoms with Gasteiger partial charge in [0.1, 0.15) is 5.82 Å². The van der Waals surface area contributed by atoms with E-state index in [0.29, 0.717) is 12.0 Å². The first kappa shape index (κ1) is 13.8. The average Bonchev–Trinajstić information content (AvgIpc) is 2.96. The van der Waals surface area contributed by atoms with Crippen LogP contribution >= 0.6 is 0 Å². The number of aromatic carboxylic acids is 1. The number of rotatable bonds is 1. The van der Waals surface area contributed by atoms with Crippen LogP contribution in [0.2, 0.25) is 5.82 Å². The maximum atomic E-state index is 13.4. The van der Waals surface area contributed by atoms with E-state index in [-0.39, 0.29) is 41.2 Å². The molecular weight excluding hydrogens is 253 g/mol. The second-order valence-electron chi connectivity index (χ2n) is 4.51. The third kappa shape index (κ3) is 1.86. The molecule has 18 heavy (non-hydrogen) atoms. The van der Waals surface area contributed by atoms with E-state index in [2.05, 4.69) is 0 Å². The molecule has 1 aliphatic carbocycles.